The highest BCUT2D eigenvalue weighted by atomic mass is 16.2. The van der Waals surface area contributed by atoms with Gasteiger partial charge in [0.2, 0.25) is 0 Å². The quantitative estimate of drug-likeness (QED) is 0.423. The molecule has 1 heterocycles. The second kappa shape index (κ2) is 7.82. The van der Waals surface area contributed by atoms with Gasteiger partial charge in [0.1, 0.15) is 5.70 Å². The van der Waals surface area contributed by atoms with Gasteiger partial charge in [-0.3, -0.25) is 9.59 Å². The molecule has 0 radical (unpaired) electrons. The van der Waals surface area contributed by atoms with Crippen LogP contribution in [-0.2, 0) is 9.59 Å². The minimum Gasteiger partial charge on any atom is -0.350 e. The van der Waals surface area contributed by atoms with Crippen LogP contribution in [-0.4, -0.2) is 11.8 Å². The Morgan fingerprint density at radius 3 is 2.19 bits per heavy atom. The fourth-order valence-corrected chi connectivity index (χ4v) is 4.09. The minimum atomic E-state index is -0.356. The van der Waals surface area contributed by atoms with Crippen molar-refractivity contribution in [3.05, 3.63) is 113 Å². The lowest BCUT2D eigenvalue weighted by Gasteiger charge is -2.17. The Kier molecular flexibility index (Phi) is 4.83. The first kappa shape index (κ1) is 19.8. The van der Waals surface area contributed by atoms with Crippen LogP contribution in [0.5, 0.6) is 0 Å². The minimum absolute atomic E-state index is 0.288. The summed E-state index contributed by atoms with van der Waals surface area (Å²) in [5.74, 6) is -0.683. The van der Waals surface area contributed by atoms with Crippen molar-refractivity contribution < 1.29 is 9.59 Å². The topological polar surface area (TPSA) is 49.4 Å². The normalized spacial score (nSPS) is 13.9. The van der Waals surface area contributed by atoms with Crippen LogP contribution in [0.15, 0.2) is 96.7 Å². The molecule has 0 saturated heterocycles. The molecule has 0 aliphatic carbocycles. The SMILES string of the molecule is Cc1ccc(N2C(=O)C(Nc3cccc4ccccc34)=C(c3ccccc3)C2=O)cc1C. The number of aryl methyl sites for hydroxylation is 2. The second-order valence-corrected chi connectivity index (χ2v) is 7.98. The molecule has 1 aliphatic heterocycles. The molecule has 0 bridgehead atoms. The van der Waals surface area contributed by atoms with E-state index in [2.05, 4.69) is 5.32 Å². The van der Waals surface area contributed by atoms with Crippen molar-refractivity contribution in [3.8, 4) is 0 Å². The number of benzene rings is 4. The van der Waals surface area contributed by atoms with Crippen molar-refractivity contribution in [2.75, 3.05) is 10.2 Å². The van der Waals surface area contributed by atoms with Gasteiger partial charge in [-0.25, -0.2) is 4.90 Å². The van der Waals surface area contributed by atoms with Crippen LogP contribution < -0.4 is 10.2 Å². The number of nitrogens with zero attached hydrogens (tertiary/aromatic N) is 1. The van der Waals surface area contributed by atoms with E-state index in [-0.39, 0.29) is 17.5 Å². The molecule has 4 aromatic rings. The van der Waals surface area contributed by atoms with Crippen LogP contribution in [0, 0.1) is 13.8 Å². The maximum Gasteiger partial charge on any atom is 0.282 e. The van der Waals surface area contributed by atoms with Crippen LogP contribution in [0.1, 0.15) is 16.7 Å². The van der Waals surface area contributed by atoms with Crippen LogP contribution >= 0.6 is 0 Å². The third-order valence-electron chi connectivity index (χ3n) is 5.94. The molecule has 0 aromatic heterocycles. The third-order valence-corrected chi connectivity index (χ3v) is 5.94. The maximum atomic E-state index is 13.6. The van der Waals surface area contributed by atoms with Gasteiger partial charge in [0.15, 0.2) is 0 Å². The van der Waals surface area contributed by atoms with Crippen molar-refractivity contribution in [3.63, 3.8) is 0 Å². The Hall–Kier alpha value is -4.18. The molecule has 1 aliphatic rings. The Morgan fingerprint density at radius 1 is 0.688 bits per heavy atom. The molecule has 0 spiro atoms. The van der Waals surface area contributed by atoms with E-state index in [1.54, 1.807) is 0 Å². The van der Waals surface area contributed by atoms with Gasteiger partial charge in [0.05, 0.1) is 11.3 Å². The van der Waals surface area contributed by atoms with E-state index in [9.17, 15) is 9.59 Å². The Morgan fingerprint density at radius 2 is 1.41 bits per heavy atom. The molecule has 32 heavy (non-hydrogen) atoms. The largest absolute Gasteiger partial charge is 0.350 e. The number of fused-ring (bicyclic) bond motifs is 1. The molecule has 0 fully saturated rings. The van der Waals surface area contributed by atoms with E-state index in [0.717, 1.165) is 27.6 Å². The molecule has 156 valence electrons. The molecule has 0 saturated carbocycles. The molecule has 4 heteroatoms. The van der Waals surface area contributed by atoms with E-state index in [0.29, 0.717) is 16.8 Å². The summed E-state index contributed by atoms with van der Waals surface area (Å²) in [5, 5.41) is 5.35. The highest BCUT2D eigenvalue weighted by Gasteiger charge is 2.40. The number of anilines is 2. The summed E-state index contributed by atoms with van der Waals surface area (Å²) in [7, 11) is 0. The number of hydrogen-bond donors (Lipinski definition) is 1. The summed E-state index contributed by atoms with van der Waals surface area (Å²) in [4.78, 5) is 28.5. The van der Waals surface area contributed by atoms with Crippen LogP contribution in [0.4, 0.5) is 11.4 Å². The first-order valence-electron chi connectivity index (χ1n) is 10.5. The molecular weight excluding hydrogens is 396 g/mol. The highest BCUT2D eigenvalue weighted by Crippen LogP contribution is 2.35. The number of amides is 2. The molecule has 4 nitrogen and oxygen atoms in total. The van der Waals surface area contributed by atoms with Gasteiger partial charge in [-0.1, -0.05) is 72.8 Å². The number of imide groups is 1. The number of hydrogen-bond acceptors (Lipinski definition) is 3. The lowest BCUT2D eigenvalue weighted by Crippen LogP contribution is -2.32. The Balaban J connectivity index is 1.65. The summed E-state index contributed by atoms with van der Waals surface area (Å²) in [6, 6.07) is 28.8. The van der Waals surface area contributed by atoms with E-state index >= 15 is 0 Å². The number of carbonyl (C=O) groups is 2. The summed E-state index contributed by atoms with van der Waals surface area (Å²) in [6.07, 6.45) is 0. The average molecular weight is 418 g/mol. The smallest absolute Gasteiger partial charge is 0.282 e. The van der Waals surface area contributed by atoms with Gasteiger partial charge < -0.3 is 5.32 Å². The molecular formula is C28H22N2O2. The fourth-order valence-electron chi connectivity index (χ4n) is 4.09. The molecule has 4 aromatic carbocycles. The monoisotopic (exact) mass is 418 g/mol. The first-order chi connectivity index (χ1) is 15.5. The summed E-state index contributed by atoms with van der Waals surface area (Å²) < 4.78 is 0. The number of carbonyl (C=O) groups excluding carboxylic acids is 2. The number of nitrogens with one attached hydrogen (secondary N) is 1. The molecule has 1 N–H and O–H groups in total. The lowest BCUT2D eigenvalue weighted by atomic mass is 10.0. The third kappa shape index (κ3) is 3.26. The van der Waals surface area contributed by atoms with Crippen molar-refractivity contribution in [1.82, 2.24) is 0 Å². The Labute approximate surface area is 186 Å². The molecule has 0 atom stereocenters. The lowest BCUT2D eigenvalue weighted by molar-refractivity contribution is -0.120. The molecule has 2 amide bonds. The zero-order valence-electron chi connectivity index (χ0n) is 17.9. The van der Waals surface area contributed by atoms with Crippen LogP contribution in [0.25, 0.3) is 16.3 Å². The van der Waals surface area contributed by atoms with Gasteiger partial charge >= 0.3 is 0 Å². The maximum absolute atomic E-state index is 13.6. The summed E-state index contributed by atoms with van der Waals surface area (Å²) in [6.45, 7) is 3.98. The fraction of sp³-hybridized carbons (Fsp3) is 0.0714. The number of rotatable bonds is 4. The average Bonchev–Trinajstić information content (AvgIpc) is 3.06. The summed E-state index contributed by atoms with van der Waals surface area (Å²) >= 11 is 0. The van der Waals surface area contributed by atoms with Crippen LogP contribution in [0.2, 0.25) is 0 Å². The van der Waals surface area contributed by atoms with E-state index in [4.69, 9.17) is 0 Å². The van der Waals surface area contributed by atoms with Crippen molar-refractivity contribution >= 4 is 39.5 Å². The van der Waals surface area contributed by atoms with Crippen molar-refractivity contribution in [2.45, 2.75) is 13.8 Å². The zero-order chi connectivity index (χ0) is 22.2. The van der Waals surface area contributed by atoms with Gasteiger partial charge in [-0.15, -0.1) is 0 Å². The first-order valence-corrected chi connectivity index (χ1v) is 10.5. The van der Waals surface area contributed by atoms with Gasteiger partial charge in [0, 0.05) is 11.1 Å². The van der Waals surface area contributed by atoms with Gasteiger partial charge in [-0.05, 0) is 54.1 Å². The highest BCUT2D eigenvalue weighted by molar-refractivity contribution is 6.46. The van der Waals surface area contributed by atoms with Gasteiger partial charge in [-0.2, -0.15) is 0 Å². The predicted octanol–water partition coefficient (Wildman–Crippen LogP) is 5.85. The van der Waals surface area contributed by atoms with E-state index in [1.165, 1.54) is 4.90 Å². The van der Waals surface area contributed by atoms with E-state index < -0.39 is 0 Å². The Bertz CT molecular complexity index is 1400. The van der Waals surface area contributed by atoms with Crippen molar-refractivity contribution in [2.24, 2.45) is 0 Å². The standard InChI is InChI=1S/C28H22N2O2/c1-18-15-16-22(17-19(18)2)30-27(31)25(21-10-4-3-5-11-21)26(28(30)32)29-24-14-8-12-20-9-6-7-13-23(20)24/h3-17,29H,1-2H3. The summed E-state index contributed by atoms with van der Waals surface area (Å²) in [5.41, 5.74) is 4.87. The zero-order valence-corrected chi connectivity index (χ0v) is 17.9. The molecule has 0 unspecified atom stereocenters. The molecule has 5 rings (SSSR count). The van der Waals surface area contributed by atoms with Crippen LogP contribution in [0.3, 0.4) is 0 Å². The van der Waals surface area contributed by atoms with Crippen molar-refractivity contribution in [1.29, 1.82) is 0 Å². The van der Waals surface area contributed by atoms with Gasteiger partial charge in [0.25, 0.3) is 11.8 Å². The predicted molar refractivity (Wildman–Crippen MR) is 129 cm³/mol. The second-order valence-electron chi connectivity index (χ2n) is 7.98. The van der Waals surface area contributed by atoms with E-state index in [1.807, 2.05) is 105 Å².